The Morgan fingerprint density at radius 2 is 1.79 bits per heavy atom. The van der Waals surface area contributed by atoms with Crippen LogP contribution in [0.25, 0.3) is 0 Å². The van der Waals surface area contributed by atoms with Crippen LogP contribution in [0.4, 0.5) is 0 Å². The monoisotopic (exact) mass is 387 g/mol. The minimum absolute atomic E-state index is 0.0626. The average molecular weight is 388 g/mol. The molecule has 1 aromatic carbocycles. The molecule has 1 aromatic rings. The zero-order valence-electron chi connectivity index (χ0n) is 16.8. The Bertz CT molecular complexity index is 638. The van der Waals surface area contributed by atoms with Crippen LogP contribution in [0.15, 0.2) is 30.3 Å². The third kappa shape index (κ3) is 5.11. The number of nitrogens with one attached hydrogen (secondary N) is 1. The molecular formula is C22H33N3O3. The first-order valence-electron chi connectivity index (χ1n) is 10.6. The van der Waals surface area contributed by atoms with Crippen LogP contribution in [0.5, 0.6) is 0 Å². The molecule has 0 aromatic heterocycles. The van der Waals surface area contributed by atoms with Crippen molar-refractivity contribution in [3.8, 4) is 0 Å². The van der Waals surface area contributed by atoms with Gasteiger partial charge in [0.15, 0.2) is 0 Å². The van der Waals surface area contributed by atoms with Gasteiger partial charge in [0.25, 0.3) is 0 Å². The standard InChI is InChI=1S/C22H33N3O3/c1-2-19(16-6-4-3-5-7-16)22(27)25-12-8-18(9-13-25)24-21(26)20(23)17-10-14-28-15-11-17/h3-7,17-20H,2,8-15,23H2,1H3,(H,24,26). The summed E-state index contributed by atoms with van der Waals surface area (Å²) in [6.07, 6.45) is 4.05. The quantitative estimate of drug-likeness (QED) is 0.782. The van der Waals surface area contributed by atoms with Gasteiger partial charge in [-0.2, -0.15) is 0 Å². The van der Waals surface area contributed by atoms with Gasteiger partial charge in [-0.25, -0.2) is 0 Å². The summed E-state index contributed by atoms with van der Waals surface area (Å²) in [4.78, 5) is 27.4. The molecule has 3 N–H and O–H groups in total. The summed E-state index contributed by atoms with van der Waals surface area (Å²) in [5, 5.41) is 3.11. The highest BCUT2D eigenvalue weighted by atomic mass is 16.5. The number of likely N-dealkylation sites (tertiary alicyclic amines) is 1. The third-order valence-electron chi connectivity index (χ3n) is 6.14. The Kier molecular flexibility index (Phi) is 7.45. The van der Waals surface area contributed by atoms with Crippen LogP contribution in [0, 0.1) is 5.92 Å². The summed E-state index contributed by atoms with van der Waals surface area (Å²) in [6.45, 7) is 4.79. The van der Waals surface area contributed by atoms with E-state index >= 15 is 0 Å². The molecule has 154 valence electrons. The van der Waals surface area contributed by atoms with E-state index in [-0.39, 0.29) is 29.7 Å². The van der Waals surface area contributed by atoms with E-state index in [1.54, 1.807) is 0 Å². The van der Waals surface area contributed by atoms with Crippen molar-refractivity contribution in [2.75, 3.05) is 26.3 Å². The van der Waals surface area contributed by atoms with Gasteiger partial charge in [0, 0.05) is 32.3 Å². The van der Waals surface area contributed by atoms with E-state index in [1.165, 1.54) is 0 Å². The first-order valence-corrected chi connectivity index (χ1v) is 10.6. The molecule has 0 saturated carbocycles. The van der Waals surface area contributed by atoms with Crippen LogP contribution in [0.2, 0.25) is 0 Å². The number of ether oxygens (including phenoxy) is 1. The van der Waals surface area contributed by atoms with Gasteiger partial charge < -0.3 is 20.7 Å². The van der Waals surface area contributed by atoms with Crippen molar-refractivity contribution >= 4 is 11.8 Å². The van der Waals surface area contributed by atoms with Crippen LogP contribution in [-0.2, 0) is 14.3 Å². The largest absolute Gasteiger partial charge is 0.381 e. The SMILES string of the molecule is CCC(C(=O)N1CCC(NC(=O)C(N)C2CCOCC2)CC1)c1ccccc1. The Morgan fingerprint density at radius 1 is 1.14 bits per heavy atom. The highest BCUT2D eigenvalue weighted by Gasteiger charge is 2.31. The van der Waals surface area contributed by atoms with Gasteiger partial charge >= 0.3 is 0 Å². The van der Waals surface area contributed by atoms with Crippen molar-refractivity contribution in [2.45, 2.75) is 57.0 Å². The fourth-order valence-electron chi connectivity index (χ4n) is 4.29. The lowest BCUT2D eigenvalue weighted by atomic mass is 9.91. The molecular weight excluding hydrogens is 354 g/mol. The topological polar surface area (TPSA) is 84.7 Å². The number of benzene rings is 1. The number of nitrogens with two attached hydrogens (primary N) is 1. The highest BCUT2D eigenvalue weighted by Crippen LogP contribution is 2.24. The molecule has 6 nitrogen and oxygen atoms in total. The Balaban J connectivity index is 1.48. The van der Waals surface area contributed by atoms with Crippen molar-refractivity contribution < 1.29 is 14.3 Å². The lowest BCUT2D eigenvalue weighted by Gasteiger charge is -2.35. The summed E-state index contributed by atoms with van der Waals surface area (Å²) in [5.74, 6) is 0.241. The van der Waals surface area contributed by atoms with Crippen molar-refractivity contribution in [1.82, 2.24) is 10.2 Å². The van der Waals surface area contributed by atoms with Crippen molar-refractivity contribution in [3.63, 3.8) is 0 Å². The fourth-order valence-corrected chi connectivity index (χ4v) is 4.29. The molecule has 0 radical (unpaired) electrons. The van der Waals surface area contributed by atoms with Gasteiger partial charge in [-0.15, -0.1) is 0 Å². The molecule has 2 amide bonds. The van der Waals surface area contributed by atoms with Crippen LogP contribution >= 0.6 is 0 Å². The molecule has 2 saturated heterocycles. The van der Waals surface area contributed by atoms with Crippen LogP contribution in [0.1, 0.15) is 50.5 Å². The second kappa shape index (κ2) is 10.0. The molecule has 2 unspecified atom stereocenters. The first kappa shape index (κ1) is 20.8. The third-order valence-corrected chi connectivity index (χ3v) is 6.14. The van der Waals surface area contributed by atoms with Gasteiger partial charge in [-0.1, -0.05) is 37.3 Å². The predicted molar refractivity (Wildman–Crippen MR) is 109 cm³/mol. The van der Waals surface area contributed by atoms with Crippen molar-refractivity contribution in [1.29, 1.82) is 0 Å². The van der Waals surface area contributed by atoms with E-state index in [1.807, 2.05) is 35.2 Å². The van der Waals surface area contributed by atoms with Crippen molar-refractivity contribution in [3.05, 3.63) is 35.9 Å². The number of rotatable bonds is 6. The summed E-state index contributed by atoms with van der Waals surface area (Å²) < 4.78 is 5.35. The summed E-state index contributed by atoms with van der Waals surface area (Å²) in [6, 6.07) is 9.61. The first-order chi connectivity index (χ1) is 13.6. The molecule has 0 aliphatic carbocycles. The molecule has 2 heterocycles. The lowest BCUT2D eigenvalue weighted by Crippen LogP contribution is -2.53. The van der Waals surface area contributed by atoms with Gasteiger partial charge in [0.1, 0.15) is 0 Å². The zero-order valence-corrected chi connectivity index (χ0v) is 16.8. The maximum Gasteiger partial charge on any atom is 0.237 e. The van der Waals surface area contributed by atoms with Gasteiger partial charge in [-0.3, -0.25) is 9.59 Å². The number of hydrogen-bond donors (Lipinski definition) is 2. The van der Waals surface area contributed by atoms with E-state index < -0.39 is 6.04 Å². The summed E-state index contributed by atoms with van der Waals surface area (Å²) in [7, 11) is 0. The number of piperidine rings is 1. The minimum atomic E-state index is -0.467. The minimum Gasteiger partial charge on any atom is -0.381 e. The molecule has 0 bridgehead atoms. The summed E-state index contributed by atoms with van der Waals surface area (Å²) >= 11 is 0. The number of nitrogens with zero attached hydrogens (tertiary/aromatic N) is 1. The number of hydrogen-bond acceptors (Lipinski definition) is 4. The Morgan fingerprint density at radius 3 is 2.39 bits per heavy atom. The molecule has 28 heavy (non-hydrogen) atoms. The van der Waals surface area contributed by atoms with E-state index in [0.717, 1.165) is 37.7 Å². The van der Waals surface area contributed by atoms with E-state index in [0.29, 0.717) is 26.3 Å². The maximum absolute atomic E-state index is 13.0. The lowest BCUT2D eigenvalue weighted by molar-refractivity contribution is -0.134. The van der Waals surface area contributed by atoms with Crippen LogP contribution < -0.4 is 11.1 Å². The molecule has 6 heteroatoms. The molecule has 2 fully saturated rings. The molecule has 0 spiro atoms. The smallest absolute Gasteiger partial charge is 0.237 e. The fraction of sp³-hybridized carbons (Fsp3) is 0.636. The molecule has 2 aliphatic heterocycles. The number of carbonyl (C=O) groups excluding carboxylic acids is 2. The second-order valence-electron chi connectivity index (χ2n) is 7.96. The summed E-state index contributed by atoms with van der Waals surface area (Å²) in [5.41, 5.74) is 7.25. The second-order valence-corrected chi connectivity index (χ2v) is 7.96. The predicted octanol–water partition coefficient (Wildman–Crippen LogP) is 2.04. The van der Waals surface area contributed by atoms with E-state index in [9.17, 15) is 9.59 Å². The normalized spacial score (nSPS) is 21.1. The van der Waals surface area contributed by atoms with E-state index in [4.69, 9.17) is 10.5 Å². The number of amides is 2. The van der Waals surface area contributed by atoms with Gasteiger partial charge in [0.2, 0.25) is 11.8 Å². The maximum atomic E-state index is 13.0. The highest BCUT2D eigenvalue weighted by molar-refractivity contribution is 5.84. The van der Waals surface area contributed by atoms with E-state index in [2.05, 4.69) is 12.2 Å². The zero-order chi connectivity index (χ0) is 19.9. The van der Waals surface area contributed by atoms with Gasteiger partial charge in [-0.05, 0) is 43.6 Å². The molecule has 2 atom stereocenters. The molecule has 3 rings (SSSR count). The average Bonchev–Trinajstić information content (AvgIpc) is 2.75. The Labute approximate surface area is 167 Å². The molecule has 2 aliphatic rings. The number of carbonyl (C=O) groups is 2. The van der Waals surface area contributed by atoms with Crippen molar-refractivity contribution in [2.24, 2.45) is 11.7 Å². The van der Waals surface area contributed by atoms with Crippen LogP contribution in [-0.4, -0.2) is 55.1 Å². The Hall–Kier alpha value is -1.92. The van der Waals surface area contributed by atoms with Crippen LogP contribution in [0.3, 0.4) is 0 Å². The van der Waals surface area contributed by atoms with Gasteiger partial charge in [0.05, 0.1) is 12.0 Å².